The van der Waals surface area contributed by atoms with E-state index in [1.807, 2.05) is 5.38 Å². The van der Waals surface area contributed by atoms with E-state index in [-0.39, 0.29) is 0 Å². The summed E-state index contributed by atoms with van der Waals surface area (Å²) in [6.45, 7) is 0. The van der Waals surface area contributed by atoms with Crippen LogP contribution >= 0.6 is 11.3 Å². The molecule has 0 unspecified atom stereocenters. The molecule has 1 N–H and O–H groups in total. The van der Waals surface area contributed by atoms with Crippen LogP contribution in [0.5, 0.6) is 0 Å². The lowest BCUT2D eigenvalue weighted by Crippen LogP contribution is -1.73. The minimum Gasteiger partial charge on any atom is -0.254 e. The first-order valence-corrected chi connectivity index (χ1v) is 3.53. The molecule has 1 radical (unpaired) electrons. The van der Waals surface area contributed by atoms with E-state index in [0.29, 0.717) is 0 Å². The van der Waals surface area contributed by atoms with Gasteiger partial charge in [-0.2, -0.15) is 0 Å². The third-order valence-electron chi connectivity index (χ3n) is 1.02. The maximum absolute atomic E-state index is 4.03. The Morgan fingerprint density at radius 2 is 2.60 bits per heavy atom. The SMILES string of the molecule is [c]1nn[nH]c1-c1nccs1. The van der Waals surface area contributed by atoms with Crippen molar-refractivity contribution in [3.05, 3.63) is 17.8 Å². The zero-order valence-electron chi connectivity index (χ0n) is 4.90. The molecule has 0 fully saturated rings. The van der Waals surface area contributed by atoms with E-state index >= 15 is 0 Å². The Morgan fingerprint density at radius 1 is 1.60 bits per heavy atom. The highest BCUT2D eigenvalue weighted by molar-refractivity contribution is 7.13. The summed E-state index contributed by atoms with van der Waals surface area (Å²) in [6.07, 6.45) is 4.40. The molecule has 10 heavy (non-hydrogen) atoms. The Kier molecular flexibility index (Phi) is 1.21. The van der Waals surface area contributed by atoms with Crippen LogP contribution in [0.25, 0.3) is 10.7 Å². The van der Waals surface area contributed by atoms with Gasteiger partial charge in [0.2, 0.25) is 0 Å². The molecule has 2 aromatic heterocycles. The summed E-state index contributed by atoms with van der Waals surface area (Å²) in [5.41, 5.74) is 0.745. The molecule has 0 amide bonds. The van der Waals surface area contributed by atoms with E-state index in [4.69, 9.17) is 0 Å². The second-order valence-electron chi connectivity index (χ2n) is 1.64. The largest absolute Gasteiger partial charge is 0.254 e. The Balaban J connectivity index is 2.48. The highest BCUT2D eigenvalue weighted by Crippen LogP contribution is 2.16. The van der Waals surface area contributed by atoms with E-state index in [2.05, 4.69) is 26.6 Å². The van der Waals surface area contributed by atoms with Crippen LogP contribution in [0.15, 0.2) is 11.6 Å². The molecule has 0 aliphatic heterocycles. The molecule has 0 saturated heterocycles. The highest BCUT2D eigenvalue weighted by atomic mass is 32.1. The van der Waals surface area contributed by atoms with E-state index < -0.39 is 0 Å². The second kappa shape index (κ2) is 2.18. The molecule has 4 nitrogen and oxygen atoms in total. The molecule has 49 valence electrons. The van der Waals surface area contributed by atoms with Gasteiger partial charge in [-0.15, -0.1) is 16.4 Å². The topological polar surface area (TPSA) is 54.5 Å². The standard InChI is InChI=1S/C5H3N4S/c1-2-10-5(6-1)4-3-7-9-8-4/h1-2H,(H,7,8,9). The lowest BCUT2D eigenvalue weighted by molar-refractivity contribution is 0.939. The van der Waals surface area contributed by atoms with Crippen molar-refractivity contribution in [1.82, 2.24) is 20.4 Å². The first-order valence-electron chi connectivity index (χ1n) is 2.65. The number of H-pyrrole nitrogens is 1. The van der Waals surface area contributed by atoms with Crippen molar-refractivity contribution in [3.63, 3.8) is 0 Å². The van der Waals surface area contributed by atoms with Crippen LogP contribution in [0.1, 0.15) is 0 Å². The molecule has 0 atom stereocenters. The van der Waals surface area contributed by atoms with E-state index in [1.54, 1.807) is 6.20 Å². The Hall–Kier alpha value is -1.23. The lowest BCUT2D eigenvalue weighted by Gasteiger charge is -1.81. The molecular weight excluding hydrogens is 148 g/mol. The van der Waals surface area contributed by atoms with Crippen molar-refractivity contribution in [2.75, 3.05) is 0 Å². The second-order valence-corrected chi connectivity index (χ2v) is 2.53. The number of thiazole rings is 1. The molecule has 0 aliphatic carbocycles. The van der Waals surface area contributed by atoms with Crippen LogP contribution < -0.4 is 0 Å². The number of nitrogens with zero attached hydrogens (tertiary/aromatic N) is 3. The van der Waals surface area contributed by atoms with Crippen molar-refractivity contribution in [2.24, 2.45) is 0 Å². The average molecular weight is 151 g/mol. The van der Waals surface area contributed by atoms with Crippen molar-refractivity contribution >= 4 is 11.3 Å². The molecule has 0 spiro atoms. The zero-order chi connectivity index (χ0) is 6.81. The summed E-state index contributed by atoms with van der Waals surface area (Å²) in [7, 11) is 0. The van der Waals surface area contributed by atoms with Crippen molar-refractivity contribution in [2.45, 2.75) is 0 Å². The van der Waals surface area contributed by atoms with Crippen molar-refractivity contribution in [1.29, 1.82) is 0 Å². The number of hydrogen-bond acceptors (Lipinski definition) is 4. The first-order chi connectivity index (χ1) is 4.97. The first kappa shape index (κ1) is 5.55. The van der Waals surface area contributed by atoms with Crippen LogP contribution in [0.2, 0.25) is 0 Å². The van der Waals surface area contributed by atoms with Crippen LogP contribution in [-0.4, -0.2) is 20.4 Å². The third kappa shape index (κ3) is 0.801. The van der Waals surface area contributed by atoms with Gasteiger partial charge in [0.05, 0.1) is 0 Å². The fourth-order valence-electron chi connectivity index (χ4n) is 0.618. The Labute approximate surface area is 60.9 Å². The third-order valence-corrected chi connectivity index (χ3v) is 1.81. The molecular formula is C5H3N4S. The fraction of sp³-hybridized carbons (Fsp3) is 0. The quantitative estimate of drug-likeness (QED) is 0.653. The van der Waals surface area contributed by atoms with Gasteiger partial charge in [-0.3, -0.25) is 5.10 Å². The van der Waals surface area contributed by atoms with Crippen LogP contribution in [-0.2, 0) is 0 Å². The summed E-state index contributed by atoms with van der Waals surface area (Å²) in [6, 6.07) is 0. The van der Waals surface area contributed by atoms with Gasteiger partial charge >= 0.3 is 0 Å². The summed E-state index contributed by atoms with van der Waals surface area (Å²) < 4.78 is 0. The van der Waals surface area contributed by atoms with Crippen LogP contribution in [0.4, 0.5) is 0 Å². The predicted molar refractivity (Wildman–Crippen MR) is 36.3 cm³/mol. The zero-order valence-corrected chi connectivity index (χ0v) is 5.72. The average Bonchev–Trinajstić information content (AvgIpc) is 2.59. The van der Waals surface area contributed by atoms with Gasteiger partial charge in [-0.1, -0.05) is 5.21 Å². The van der Waals surface area contributed by atoms with Crippen molar-refractivity contribution < 1.29 is 0 Å². The summed E-state index contributed by atoms with van der Waals surface area (Å²) in [4.78, 5) is 4.03. The van der Waals surface area contributed by atoms with Gasteiger partial charge in [0, 0.05) is 11.6 Å². The highest BCUT2D eigenvalue weighted by Gasteiger charge is 2.00. The normalized spacial score (nSPS) is 10.0. The van der Waals surface area contributed by atoms with Gasteiger partial charge in [0.15, 0.2) is 0 Å². The molecule has 2 heterocycles. The molecule has 5 heteroatoms. The number of rotatable bonds is 1. The number of hydrogen-bond donors (Lipinski definition) is 1. The van der Waals surface area contributed by atoms with Gasteiger partial charge in [-0.25, -0.2) is 4.98 Å². The van der Waals surface area contributed by atoms with E-state index in [9.17, 15) is 0 Å². The van der Waals surface area contributed by atoms with Gasteiger partial charge in [0.25, 0.3) is 0 Å². The lowest BCUT2D eigenvalue weighted by atomic mass is 10.5. The van der Waals surface area contributed by atoms with Crippen LogP contribution in [0, 0.1) is 6.20 Å². The summed E-state index contributed by atoms with van der Waals surface area (Å²) in [5.74, 6) is 0. The minimum atomic E-state index is 0.745. The van der Waals surface area contributed by atoms with Crippen LogP contribution in [0.3, 0.4) is 0 Å². The van der Waals surface area contributed by atoms with E-state index in [1.165, 1.54) is 11.3 Å². The number of aromatic amines is 1. The summed E-state index contributed by atoms with van der Waals surface area (Å²) in [5, 5.41) is 12.5. The Bertz CT molecular complexity index is 253. The summed E-state index contributed by atoms with van der Waals surface area (Å²) >= 11 is 1.53. The Morgan fingerprint density at radius 3 is 3.20 bits per heavy atom. The fourth-order valence-corrected chi connectivity index (χ4v) is 1.20. The molecule has 0 bridgehead atoms. The van der Waals surface area contributed by atoms with E-state index in [0.717, 1.165) is 10.7 Å². The molecule has 2 aromatic rings. The molecule has 2 rings (SSSR count). The monoisotopic (exact) mass is 151 g/mol. The maximum Gasteiger partial charge on any atom is 0.145 e. The smallest absolute Gasteiger partial charge is 0.145 e. The maximum atomic E-state index is 4.03. The minimum absolute atomic E-state index is 0.745. The molecule has 0 aliphatic rings. The van der Waals surface area contributed by atoms with Crippen molar-refractivity contribution in [3.8, 4) is 10.7 Å². The van der Waals surface area contributed by atoms with Gasteiger partial charge in [0.1, 0.15) is 16.9 Å². The molecule has 0 aromatic carbocycles. The number of aromatic nitrogens is 4. The number of nitrogens with one attached hydrogen (secondary N) is 1. The van der Waals surface area contributed by atoms with Gasteiger partial charge in [-0.05, 0) is 0 Å². The molecule has 0 saturated carbocycles. The van der Waals surface area contributed by atoms with Gasteiger partial charge < -0.3 is 0 Å². The predicted octanol–water partition coefficient (Wildman–Crippen LogP) is 0.728.